The maximum absolute atomic E-state index is 12.2. The molecular formula is C18H24N6O3. The van der Waals surface area contributed by atoms with E-state index in [1.54, 1.807) is 32.2 Å². The molecule has 0 saturated carbocycles. The van der Waals surface area contributed by atoms with Crippen molar-refractivity contribution in [1.82, 2.24) is 20.1 Å². The number of hydrogen-bond donors (Lipinski definition) is 2. The van der Waals surface area contributed by atoms with E-state index < -0.39 is 17.7 Å². The van der Waals surface area contributed by atoms with Crippen LogP contribution in [0.25, 0.3) is 0 Å². The average molecular weight is 372 g/mol. The largest absolute Gasteiger partial charge is 0.390 e. The van der Waals surface area contributed by atoms with Gasteiger partial charge in [-0.05, 0) is 26.0 Å². The quantitative estimate of drug-likeness (QED) is 0.686. The van der Waals surface area contributed by atoms with Gasteiger partial charge in [-0.15, -0.1) is 0 Å². The Labute approximate surface area is 158 Å². The number of pyridine rings is 1. The Morgan fingerprint density at radius 1 is 1.30 bits per heavy atom. The summed E-state index contributed by atoms with van der Waals surface area (Å²) < 4.78 is 0. The summed E-state index contributed by atoms with van der Waals surface area (Å²) in [5.41, 5.74) is -0.379. The second-order valence-corrected chi connectivity index (χ2v) is 7.40. The number of β-amino-alcohol motifs (C(OH)–C–C–N with tert-alkyl or cyclic N) is 1. The fraction of sp³-hybridized carbons (Fsp3) is 0.556. The number of aliphatic hydroxyl groups excluding tert-OH is 1. The molecule has 1 aromatic rings. The fourth-order valence-corrected chi connectivity index (χ4v) is 3.43. The van der Waals surface area contributed by atoms with E-state index in [1.165, 1.54) is 0 Å². The number of nitriles is 1. The van der Waals surface area contributed by atoms with E-state index >= 15 is 0 Å². The van der Waals surface area contributed by atoms with Crippen LogP contribution in [-0.4, -0.2) is 82.7 Å². The highest BCUT2D eigenvalue weighted by atomic mass is 16.3. The molecule has 0 spiro atoms. The molecule has 2 fully saturated rings. The van der Waals surface area contributed by atoms with Crippen LogP contribution in [0.4, 0.5) is 10.6 Å². The first-order valence-corrected chi connectivity index (χ1v) is 8.96. The number of hydrogen-bond acceptors (Lipinski definition) is 7. The molecule has 0 unspecified atom stereocenters. The summed E-state index contributed by atoms with van der Waals surface area (Å²) in [6.45, 7) is 6.42. The van der Waals surface area contributed by atoms with Crippen LogP contribution in [0.15, 0.2) is 18.3 Å². The maximum atomic E-state index is 12.2. The second-order valence-electron chi connectivity index (χ2n) is 7.40. The average Bonchev–Trinajstić information content (AvgIpc) is 2.84. The van der Waals surface area contributed by atoms with Gasteiger partial charge >= 0.3 is 6.03 Å². The van der Waals surface area contributed by atoms with Crippen molar-refractivity contribution in [2.75, 3.05) is 44.2 Å². The predicted molar refractivity (Wildman–Crippen MR) is 97.9 cm³/mol. The van der Waals surface area contributed by atoms with Gasteiger partial charge in [0.15, 0.2) is 0 Å². The van der Waals surface area contributed by atoms with Crippen molar-refractivity contribution in [1.29, 1.82) is 5.26 Å². The molecule has 3 amide bonds. The minimum absolute atomic E-state index is 0.0207. The predicted octanol–water partition coefficient (Wildman–Crippen LogP) is -0.233. The number of nitrogens with one attached hydrogen (secondary N) is 1. The number of imide groups is 1. The molecule has 0 radical (unpaired) electrons. The van der Waals surface area contributed by atoms with Gasteiger partial charge in [-0.3, -0.25) is 14.6 Å². The van der Waals surface area contributed by atoms with E-state index in [2.05, 4.69) is 26.2 Å². The smallest absolute Gasteiger partial charge is 0.325 e. The van der Waals surface area contributed by atoms with E-state index in [0.717, 1.165) is 4.90 Å². The maximum Gasteiger partial charge on any atom is 0.325 e. The van der Waals surface area contributed by atoms with Crippen molar-refractivity contribution < 1.29 is 14.7 Å². The number of anilines is 1. The first kappa shape index (κ1) is 19.1. The number of rotatable bonds is 5. The van der Waals surface area contributed by atoms with Crippen LogP contribution < -0.4 is 10.2 Å². The highest BCUT2D eigenvalue weighted by Crippen LogP contribution is 2.19. The molecule has 2 aliphatic rings. The van der Waals surface area contributed by atoms with Crippen LogP contribution in [0.2, 0.25) is 0 Å². The summed E-state index contributed by atoms with van der Waals surface area (Å²) in [5.74, 6) is 0.359. The van der Waals surface area contributed by atoms with Crippen LogP contribution in [-0.2, 0) is 4.79 Å². The van der Waals surface area contributed by atoms with Gasteiger partial charge in [0.1, 0.15) is 17.4 Å². The first-order chi connectivity index (χ1) is 12.8. The monoisotopic (exact) mass is 372 g/mol. The summed E-state index contributed by atoms with van der Waals surface area (Å²) in [6, 6.07) is 5.18. The number of aliphatic hydroxyl groups is 1. The number of piperazine rings is 1. The Kier molecular flexibility index (Phi) is 5.30. The van der Waals surface area contributed by atoms with Crippen molar-refractivity contribution >= 4 is 17.8 Å². The Bertz CT molecular complexity index is 767. The molecular weight excluding hydrogens is 348 g/mol. The number of nitrogens with zero attached hydrogens (tertiary/aromatic N) is 5. The van der Waals surface area contributed by atoms with Crippen LogP contribution in [0.3, 0.4) is 0 Å². The van der Waals surface area contributed by atoms with E-state index in [1.807, 2.05) is 0 Å². The van der Waals surface area contributed by atoms with E-state index in [0.29, 0.717) is 44.1 Å². The molecule has 9 nitrogen and oxygen atoms in total. The third kappa shape index (κ3) is 4.02. The molecule has 27 heavy (non-hydrogen) atoms. The molecule has 0 aliphatic carbocycles. The number of aromatic nitrogens is 1. The SMILES string of the molecule is CC1(C)NC(=O)N(C[C@@H](O)CN2CCN(c3ncccc3C#N)CC2)C1=O. The van der Waals surface area contributed by atoms with E-state index in [9.17, 15) is 20.0 Å². The molecule has 9 heteroatoms. The Balaban J connectivity index is 1.51. The third-order valence-corrected chi connectivity index (χ3v) is 4.89. The van der Waals surface area contributed by atoms with Gasteiger partial charge in [0.05, 0.1) is 18.2 Å². The summed E-state index contributed by atoms with van der Waals surface area (Å²) >= 11 is 0. The highest BCUT2D eigenvalue weighted by molar-refractivity contribution is 6.06. The van der Waals surface area contributed by atoms with E-state index in [4.69, 9.17) is 0 Å². The lowest BCUT2D eigenvalue weighted by atomic mass is 10.1. The number of urea groups is 1. The molecule has 1 atom stereocenters. The zero-order valence-electron chi connectivity index (χ0n) is 15.6. The summed E-state index contributed by atoms with van der Waals surface area (Å²) in [7, 11) is 0. The number of carbonyl (C=O) groups is 2. The minimum Gasteiger partial charge on any atom is -0.390 e. The second kappa shape index (κ2) is 7.50. The molecule has 3 heterocycles. The van der Waals surface area contributed by atoms with Crippen molar-refractivity contribution in [2.45, 2.75) is 25.5 Å². The normalized spacial score (nSPS) is 21.1. The van der Waals surface area contributed by atoms with Gasteiger partial charge in [-0.2, -0.15) is 5.26 Å². The fourth-order valence-electron chi connectivity index (χ4n) is 3.43. The van der Waals surface area contributed by atoms with Gasteiger partial charge in [0.25, 0.3) is 5.91 Å². The van der Waals surface area contributed by atoms with Crippen molar-refractivity contribution in [3.63, 3.8) is 0 Å². The van der Waals surface area contributed by atoms with Gasteiger partial charge in [-0.25, -0.2) is 9.78 Å². The lowest BCUT2D eigenvalue weighted by Crippen LogP contribution is -2.51. The highest BCUT2D eigenvalue weighted by Gasteiger charge is 2.44. The Hall–Kier alpha value is -2.70. The molecule has 2 N–H and O–H groups in total. The molecule has 3 rings (SSSR count). The van der Waals surface area contributed by atoms with Crippen LogP contribution >= 0.6 is 0 Å². The van der Waals surface area contributed by atoms with Crippen molar-refractivity contribution in [3.8, 4) is 6.07 Å². The zero-order valence-corrected chi connectivity index (χ0v) is 15.6. The molecule has 0 aromatic carbocycles. The van der Waals surface area contributed by atoms with E-state index in [-0.39, 0.29) is 12.5 Å². The molecule has 2 aliphatic heterocycles. The van der Waals surface area contributed by atoms with Gasteiger partial charge < -0.3 is 15.3 Å². The minimum atomic E-state index is -0.927. The first-order valence-electron chi connectivity index (χ1n) is 8.96. The lowest BCUT2D eigenvalue weighted by molar-refractivity contribution is -0.131. The van der Waals surface area contributed by atoms with Crippen LogP contribution in [0, 0.1) is 11.3 Å². The van der Waals surface area contributed by atoms with Gasteiger partial charge in [-0.1, -0.05) is 0 Å². The third-order valence-electron chi connectivity index (χ3n) is 4.89. The topological polar surface area (TPSA) is 113 Å². The van der Waals surface area contributed by atoms with Crippen LogP contribution in [0.1, 0.15) is 19.4 Å². The summed E-state index contributed by atoms with van der Waals surface area (Å²) in [4.78, 5) is 33.6. The van der Waals surface area contributed by atoms with Crippen LogP contribution in [0.5, 0.6) is 0 Å². The number of carbonyl (C=O) groups excluding carboxylic acids is 2. The number of amides is 3. The zero-order chi connectivity index (χ0) is 19.6. The molecule has 1 aromatic heterocycles. The molecule has 0 bridgehead atoms. The Morgan fingerprint density at radius 2 is 2.00 bits per heavy atom. The summed E-state index contributed by atoms with van der Waals surface area (Å²) in [6.07, 6.45) is 0.857. The van der Waals surface area contributed by atoms with Crippen molar-refractivity contribution in [2.24, 2.45) is 0 Å². The molecule has 2 saturated heterocycles. The van der Waals surface area contributed by atoms with Crippen molar-refractivity contribution in [3.05, 3.63) is 23.9 Å². The van der Waals surface area contributed by atoms with Gasteiger partial charge in [0, 0.05) is 38.9 Å². The standard InChI is InChI=1S/C18H24N6O3/c1-18(2)16(26)24(17(27)21-18)12-14(25)11-22-6-8-23(9-7-22)15-13(10-19)4-3-5-20-15/h3-5,14,25H,6-9,11-12H2,1-2H3,(H,21,27)/t14-/m0/s1. The Morgan fingerprint density at radius 3 is 2.59 bits per heavy atom. The van der Waals surface area contributed by atoms with Gasteiger partial charge in [0.2, 0.25) is 0 Å². The molecule has 144 valence electrons. The summed E-state index contributed by atoms with van der Waals surface area (Å²) in [5, 5.41) is 22.2. The lowest BCUT2D eigenvalue weighted by Gasteiger charge is -2.36.